The van der Waals surface area contributed by atoms with Gasteiger partial charge in [0.15, 0.2) is 12.2 Å². The highest BCUT2D eigenvalue weighted by Gasteiger charge is 2.30. The molecule has 0 saturated heterocycles. The molecule has 0 rings (SSSR count). The van der Waals surface area contributed by atoms with E-state index in [1.165, 1.54) is 173 Å². The lowest BCUT2D eigenvalue weighted by atomic mass is 9.99. The third-order valence-electron chi connectivity index (χ3n) is 17.6. The van der Waals surface area contributed by atoms with Gasteiger partial charge in [-0.15, -0.1) is 0 Å². The molecule has 0 spiro atoms. The van der Waals surface area contributed by atoms with E-state index in [0.29, 0.717) is 31.6 Å². The molecule has 19 heteroatoms. The van der Waals surface area contributed by atoms with E-state index in [2.05, 4.69) is 48.5 Å². The second kappa shape index (κ2) is 63.8. The smallest absolute Gasteiger partial charge is 0.462 e. The van der Waals surface area contributed by atoms with Gasteiger partial charge in [0.25, 0.3) is 0 Å². The molecule has 7 atom stereocenters. The van der Waals surface area contributed by atoms with E-state index in [4.69, 9.17) is 37.0 Å². The van der Waals surface area contributed by atoms with E-state index in [-0.39, 0.29) is 25.7 Å². The lowest BCUT2D eigenvalue weighted by Gasteiger charge is -2.21. The summed E-state index contributed by atoms with van der Waals surface area (Å²) in [4.78, 5) is 72.6. The fourth-order valence-corrected chi connectivity index (χ4v) is 12.6. The Labute approximate surface area is 562 Å². The Kier molecular flexibility index (Phi) is 62.4. The summed E-state index contributed by atoms with van der Waals surface area (Å²) < 4.78 is 68.3. The van der Waals surface area contributed by atoms with Crippen LogP contribution >= 0.6 is 15.6 Å². The van der Waals surface area contributed by atoms with Crippen LogP contribution in [0.4, 0.5) is 0 Å². The third kappa shape index (κ3) is 64.1. The zero-order chi connectivity index (χ0) is 68.0. The fourth-order valence-electron chi connectivity index (χ4n) is 11.0. The van der Waals surface area contributed by atoms with Gasteiger partial charge in [0.05, 0.1) is 26.4 Å². The molecule has 0 radical (unpaired) electrons. The van der Waals surface area contributed by atoms with Crippen molar-refractivity contribution >= 4 is 39.5 Å². The zero-order valence-electron chi connectivity index (χ0n) is 60.0. The van der Waals surface area contributed by atoms with E-state index >= 15 is 0 Å². The molecule has 0 aliphatic rings. The SMILES string of the molecule is CCCCCCCCCCCCCCCCCCCCCCCC(=O)O[C@H](COC(=O)CCCCCCCCCCC(C)CC)COP(=O)(O)OC[C@@H](O)COP(=O)(O)OC[C@@H](COC(=O)CCCCCCCCC(C)C)OC(=O)CCCCCCCCC(C)CC. The predicted molar refractivity (Wildman–Crippen MR) is 372 cm³/mol. The summed E-state index contributed by atoms with van der Waals surface area (Å²) in [6.07, 6.45) is 49.0. The molecule has 0 bridgehead atoms. The second-order valence-corrected chi connectivity index (χ2v) is 30.2. The molecule has 0 aromatic rings. The number of carbonyl (C=O) groups is 4. The molecule has 92 heavy (non-hydrogen) atoms. The molecule has 0 amide bonds. The number of rotatable bonds is 71. The largest absolute Gasteiger partial charge is 0.472 e. The summed E-state index contributed by atoms with van der Waals surface area (Å²) in [5.74, 6) is 0.0472. The van der Waals surface area contributed by atoms with Crippen LogP contribution in [-0.4, -0.2) is 96.7 Å². The highest BCUT2D eigenvalue weighted by molar-refractivity contribution is 7.47. The van der Waals surface area contributed by atoms with Gasteiger partial charge in [-0.1, -0.05) is 318 Å². The summed E-state index contributed by atoms with van der Waals surface area (Å²) in [6.45, 7) is 11.7. The van der Waals surface area contributed by atoms with Crippen LogP contribution in [0.3, 0.4) is 0 Å². The maximum absolute atomic E-state index is 13.0. The maximum Gasteiger partial charge on any atom is 0.472 e. The molecule has 0 saturated carbocycles. The fraction of sp³-hybridized carbons (Fsp3) is 0.945. The van der Waals surface area contributed by atoms with Gasteiger partial charge in [0.1, 0.15) is 19.3 Å². The molecule has 0 fully saturated rings. The minimum atomic E-state index is -4.95. The number of hydrogen-bond donors (Lipinski definition) is 3. The first-order chi connectivity index (χ1) is 44.3. The number of hydrogen-bond acceptors (Lipinski definition) is 15. The highest BCUT2D eigenvalue weighted by Crippen LogP contribution is 2.45. The molecule has 0 aliphatic heterocycles. The van der Waals surface area contributed by atoms with Gasteiger partial charge in [-0.3, -0.25) is 37.3 Å². The van der Waals surface area contributed by atoms with Crippen LogP contribution in [0.25, 0.3) is 0 Å². The molecular weight excluding hydrogens is 1210 g/mol. The number of esters is 4. The summed E-state index contributed by atoms with van der Waals surface area (Å²) >= 11 is 0. The Morgan fingerprint density at radius 2 is 0.554 bits per heavy atom. The average molecular weight is 1350 g/mol. The summed E-state index contributed by atoms with van der Waals surface area (Å²) in [7, 11) is -9.90. The van der Waals surface area contributed by atoms with E-state index in [1.807, 2.05) is 0 Å². The van der Waals surface area contributed by atoms with Gasteiger partial charge in [-0.2, -0.15) is 0 Å². The molecule has 17 nitrogen and oxygen atoms in total. The second-order valence-electron chi connectivity index (χ2n) is 27.3. The van der Waals surface area contributed by atoms with Crippen molar-refractivity contribution in [3.8, 4) is 0 Å². The van der Waals surface area contributed by atoms with Crippen LogP contribution < -0.4 is 0 Å². The Morgan fingerprint density at radius 3 is 0.826 bits per heavy atom. The Hall–Kier alpha value is -1.94. The predicted octanol–water partition coefficient (Wildman–Crippen LogP) is 21.0. The summed E-state index contributed by atoms with van der Waals surface area (Å²) in [6, 6.07) is 0. The quantitative estimate of drug-likeness (QED) is 0.0222. The van der Waals surface area contributed by atoms with E-state index in [0.717, 1.165) is 108 Å². The standard InChI is InChI=1S/C73H142O17P2/c1-8-11-12-13-14-15-16-17-18-19-20-21-22-23-24-25-26-27-32-42-49-56-72(77)89-68(60-83-70(75)54-47-40-31-29-28-30-38-45-52-65(6)9-2)62-87-91(79,80)85-58-67(74)59-86-92(81,82)88-63-69(61-84-71(76)55-48-41-35-33-37-44-51-64(4)5)90-73(78)57-50-43-36-34-39-46-53-66(7)10-3/h64-69,74H,8-63H2,1-7H3,(H,79,80)(H,81,82)/t65?,66?,67-,68-,69-/m1/s1. The van der Waals surface area contributed by atoms with Crippen molar-refractivity contribution in [3.63, 3.8) is 0 Å². The van der Waals surface area contributed by atoms with Gasteiger partial charge in [0, 0.05) is 25.7 Å². The van der Waals surface area contributed by atoms with Crippen molar-refractivity contribution in [3.05, 3.63) is 0 Å². The minimum absolute atomic E-state index is 0.102. The molecule has 3 N–H and O–H groups in total. The van der Waals surface area contributed by atoms with Gasteiger partial charge in [0.2, 0.25) is 0 Å². The highest BCUT2D eigenvalue weighted by atomic mass is 31.2. The third-order valence-corrected chi connectivity index (χ3v) is 19.5. The number of ether oxygens (including phenoxy) is 4. The first-order valence-electron chi connectivity index (χ1n) is 37.9. The molecule has 0 aromatic carbocycles. The molecular formula is C73H142O17P2. The first kappa shape index (κ1) is 90.1. The average Bonchev–Trinajstić information content (AvgIpc) is 3.73. The van der Waals surface area contributed by atoms with Crippen LogP contribution in [0, 0.1) is 17.8 Å². The summed E-state index contributed by atoms with van der Waals surface area (Å²) in [5, 5.41) is 10.6. The Balaban J connectivity index is 5.18. The molecule has 0 aromatic heterocycles. The molecule has 0 heterocycles. The van der Waals surface area contributed by atoms with Crippen molar-refractivity contribution < 1.29 is 80.2 Å². The van der Waals surface area contributed by atoms with E-state index in [9.17, 15) is 43.2 Å². The first-order valence-corrected chi connectivity index (χ1v) is 40.9. The van der Waals surface area contributed by atoms with Crippen LogP contribution in [0.2, 0.25) is 0 Å². The lowest BCUT2D eigenvalue weighted by Crippen LogP contribution is -2.30. The van der Waals surface area contributed by atoms with Gasteiger partial charge < -0.3 is 33.8 Å². The van der Waals surface area contributed by atoms with Crippen molar-refractivity contribution in [1.82, 2.24) is 0 Å². The number of aliphatic hydroxyl groups is 1. The van der Waals surface area contributed by atoms with Crippen molar-refractivity contribution in [1.29, 1.82) is 0 Å². The summed E-state index contributed by atoms with van der Waals surface area (Å²) in [5.41, 5.74) is 0. The molecule has 4 unspecified atom stereocenters. The Morgan fingerprint density at radius 1 is 0.315 bits per heavy atom. The Bertz CT molecular complexity index is 1810. The normalized spacial score (nSPS) is 14.7. The maximum atomic E-state index is 13.0. The van der Waals surface area contributed by atoms with Crippen LogP contribution in [0.5, 0.6) is 0 Å². The molecule has 546 valence electrons. The topological polar surface area (TPSA) is 237 Å². The monoisotopic (exact) mass is 1350 g/mol. The van der Waals surface area contributed by atoms with Crippen molar-refractivity contribution in [2.24, 2.45) is 17.8 Å². The minimum Gasteiger partial charge on any atom is -0.462 e. The van der Waals surface area contributed by atoms with E-state index < -0.39 is 97.5 Å². The molecule has 0 aliphatic carbocycles. The number of unbranched alkanes of at least 4 members (excludes halogenated alkanes) is 37. The van der Waals surface area contributed by atoms with Crippen LogP contribution in [-0.2, 0) is 65.4 Å². The lowest BCUT2D eigenvalue weighted by molar-refractivity contribution is -0.161. The van der Waals surface area contributed by atoms with Gasteiger partial charge >= 0.3 is 39.5 Å². The van der Waals surface area contributed by atoms with Crippen LogP contribution in [0.1, 0.15) is 370 Å². The van der Waals surface area contributed by atoms with E-state index in [1.54, 1.807) is 0 Å². The van der Waals surface area contributed by atoms with Gasteiger partial charge in [-0.05, 0) is 43.4 Å². The van der Waals surface area contributed by atoms with Gasteiger partial charge in [-0.25, -0.2) is 9.13 Å². The number of phosphoric ester groups is 2. The number of phosphoric acid groups is 2. The van der Waals surface area contributed by atoms with Crippen molar-refractivity contribution in [2.75, 3.05) is 39.6 Å². The van der Waals surface area contributed by atoms with Crippen LogP contribution in [0.15, 0.2) is 0 Å². The van der Waals surface area contributed by atoms with Crippen molar-refractivity contribution in [2.45, 2.75) is 388 Å². The number of carbonyl (C=O) groups excluding carboxylic acids is 4. The number of aliphatic hydroxyl groups excluding tert-OH is 1. The zero-order valence-corrected chi connectivity index (χ0v) is 61.8.